The van der Waals surface area contributed by atoms with E-state index in [-0.39, 0.29) is 0 Å². The molecule has 1 atom stereocenters. The predicted octanol–water partition coefficient (Wildman–Crippen LogP) is 4.62. The summed E-state index contributed by atoms with van der Waals surface area (Å²) in [4.78, 5) is 0. The predicted molar refractivity (Wildman–Crippen MR) is 74.8 cm³/mol. The highest BCUT2D eigenvalue weighted by molar-refractivity contribution is 4.77. The summed E-state index contributed by atoms with van der Waals surface area (Å²) in [6.45, 7) is 15.0. The van der Waals surface area contributed by atoms with Crippen molar-refractivity contribution in [3.05, 3.63) is 0 Å². The van der Waals surface area contributed by atoms with Crippen molar-refractivity contribution in [2.75, 3.05) is 6.54 Å². The van der Waals surface area contributed by atoms with Crippen molar-refractivity contribution >= 4 is 0 Å². The van der Waals surface area contributed by atoms with Crippen LogP contribution in [0.3, 0.4) is 0 Å². The Morgan fingerprint density at radius 2 is 1.69 bits per heavy atom. The van der Waals surface area contributed by atoms with Crippen LogP contribution in [0.1, 0.15) is 73.6 Å². The van der Waals surface area contributed by atoms with Gasteiger partial charge in [0.05, 0.1) is 0 Å². The number of hydrogen-bond acceptors (Lipinski definition) is 1. The van der Waals surface area contributed by atoms with E-state index in [0.717, 1.165) is 5.92 Å². The minimum absolute atomic E-state index is 0.508. The van der Waals surface area contributed by atoms with Crippen LogP contribution in [0.15, 0.2) is 0 Å². The van der Waals surface area contributed by atoms with Gasteiger partial charge in [-0.2, -0.15) is 0 Å². The number of hydrogen-bond donors (Lipinski definition) is 1. The molecule has 0 aromatic heterocycles. The lowest BCUT2D eigenvalue weighted by Crippen LogP contribution is -2.35. The van der Waals surface area contributed by atoms with Crippen molar-refractivity contribution in [1.82, 2.24) is 5.32 Å². The Labute approximate surface area is 103 Å². The molecule has 98 valence electrons. The van der Waals surface area contributed by atoms with Crippen LogP contribution in [-0.2, 0) is 0 Å². The zero-order valence-electron chi connectivity index (χ0n) is 12.4. The van der Waals surface area contributed by atoms with Crippen molar-refractivity contribution < 1.29 is 0 Å². The second kappa shape index (κ2) is 8.11. The van der Waals surface area contributed by atoms with Gasteiger partial charge in [0.2, 0.25) is 0 Å². The fourth-order valence-electron chi connectivity index (χ4n) is 2.29. The van der Waals surface area contributed by atoms with E-state index in [4.69, 9.17) is 0 Å². The Morgan fingerprint density at radius 3 is 2.12 bits per heavy atom. The Balaban J connectivity index is 4.00. The first-order chi connectivity index (χ1) is 7.39. The molecule has 1 nitrogen and oxygen atoms in total. The lowest BCUT2D eigenvalue weighted by Gasteiger charge is -2.31. The first kappa shape index (κ1) is 16.0. The molecule has 0 saturated heterocycles. The summed E-state index contributed by atoms with van der Waals surface area (Å²) in [5.74, 6) is 0.851. The summed E-state index contributed by atoms with van der Waals surface area (Å²) < 4.78 is 0. The molecule has 1 N–H and O–H groups in total. The second-order valence-corrected chi connectivity index (χ2v) is 6.38. The molecule has 0 aliphatic rings. The highest BCUT2D eigenvalue weighted by Gasteiger charge is 2.22. The van der Waals surface area contributed by atoms with Gasteiger partial charge in [0.1, 0.15) is 0 Å². The van der Waals surface area contributed by atoms with E-state index in [2.05, 4.69) is 46.9 Å². The van der Waals surface area contributed by atoms with Gasteiger partial charge in [-0.1, -0.05) is 60.8 Å². The van der Waals surface area contributed by atoms with Gasteiger partial charge in [0.25, 0.3) is 0 Å². The maximum absolute atomic E-state index is 3.61. The fraction of sp³-hybridized carbons (Fsp3) is 1.00. The first-order valence-electron chi connectivity index (χ1n) is 7.13. The summed E-state index contributed by atoms with van der Waals surface area (Å²) in [6.07, 6.45) is 6.79. The van der Waals surface area contributed by atoms with E-state index in [1.54, 1.807) is 0 Å². The van der Waals surface area contributed by atoms with Crippen LogP contribution in [0.4, 0.5) is 0 Å². The molecular weight excluding hydrogens is 194 g/mol. The number of nitrogens with one attached hydrogen (secondary N) is 1. The average molecular weight is 227 g/mol. The molecule has 0 aromatic carbocycles. The van der Waals surface area contributed by atoms with Crippen molar-refractivity contribution in [2.45, 2.75) is 79.7 Å². The van der Waals surface area contributed by atoms with Gasteiger partial charge in [-0.15, -0.1) is 0 Å². The smallest absolute Gasteiger partial charge is 0.00106 e. The molecule has 0 aromatic rings. The van der Waals surface area contributed by atoms with Crippen molar-refractivity contribution in [3.63, 3.8) is 0 Å². The summed E-state index contributed by atoms with van der Waals surface area (Å²) in [6, 6.07) is 0.612. The van der Waals surface area contributed by atoms with Gasteiger partial charge in [0.15, 0.2) is 0 Å². The van der Waals surface area contributed by atoms with Crippen molar-refractivity contribution in [1.29, 1.82) is 0 Å². The standard InChI is InChI=1S/C15H33N/c1-7-10-15(6,12-16-14(4)5)11-8-9-13(2)3/h13-14,16H,7-12H2,1-6H3. The lowest BCUT2D eigenvalue weighted by atomic mass is 9.80. The lowest BCUT2D eigenvalue weighted by molar-refractivity contribution is 0.236. The van der Waals surface area contributed by atoms with E-state index < -0.39 is 0 Å². The third-order valence-electron chi connectivity index (χ3n) is 3.35. The van der Waals surface area contributed by atoms with Gasteiger partial charge < -0.3 is 5.32 Å². The normalized spacial score (nSPS) is 15.8. The molecule has 0 rings (SSSR count). The van der Waals surface area contributed by atoms with Crippen LogP contribution in [0, 0.1) is 11.3 Å². The third-order valence-corrected chi connectivity index (χ3v) is 3.35. The summed E-state index contributed by atoms with van der Waals surface area (Å²) in [5, 5.41) is 3.61. The maximum Gasteiger partial charge on any atom is 0.00106 e. The summed E-state index contributed by atoms with van der Waals surface area (Å²) in [7, 11) is 0. The van der Waals surface area contributed by atoms with Gasteiger partial charge >= 0.3 is 0 Å². The second-order valence-electron chi connectivity index (χ2n) is 6.38. The highest BCUT2D eigenvalue weighted by Crippen LogP contribution is 2.30. The van der Waals surface area contributed by atoms with Crippen LogP contribution < -0.4 is 5.32 Å². The van der Waals surface area contributed by atoms with Crippen LogP contribution in [0.2, 0.25) is 0 Å². The SMILES string of the molecule is CCCC(C)(CCCC(C)C)CNC(C)C. The minimum atomic E-state index is 0.508. The van der Waals surface area contributed by atoms with Gasteiger partial charge in [-0.3, -0.25) is 0 Å². The molecule has 0 spiro atoms. The van der Waals surface area contributed by atoms with E-state index in [1.807, 2.05) is 0 Å². The Morgan fingerprint density at radius 1 is 1.06 bits per heavy atom. The van der Waals surface area contributed by atoms with Gasteiger partial charge in [-0.25, -0.2) is 0 Å². The molecule has 0 fully saturated rings. The van der Waals surface area contributed by atoms with Crippen LogP contribution in [-0.4, -0.2) is 12.6 Å². The zero-order chi connectivity index (χ0) is 12.6. The molecule has 16 heavy (non-hydrogen) atoms. The van der Waals surface area contributed by atoms with Crippen LogP contribution in [0.5, 0.6) is 0 Å². The van der Waals surface area contributed by atoms with Gasteiger partial charge in [-0.05, 0) is 24.2 Å². The molecule has 1 unspecified atom stereocenters. The maximum atomic E-state index is 3.61. The molecular formula is C15H33N. The molecule has 0 amide bonds. The van der Waals surface area contributed by atoms with Gasteiger partial charge in [0, 0.05) is 12.6 Å². The quantitative estimate of drug-likeness (QED) is 0.606. The first-order valence-corrected chi connectivity index (χ1v) is 7.13. The van der Waals surface area contributed by atoms with Crippen molar-refractivity contribution in [3.8, 4) is 0 Å². The van der Waals surface area contributed by atoms with E-state index in [0.29, 0.717) is 11.5 Å². The van der Waals surface area contributed by atoms with Crippen LogP contribution in [0.25, 0.3) is 0 Å². The monoisotopic (exact) mass is 227 g/mol. The Bertz CT molecular complexity index is 163. The molecule has 0 aliphatic heterocycles. The van der Waals surface area contributed by atoms with Crippen LogP contribution >= 0.6 is 0 Å². The molecule has 0 aliphatic carbocycles. The Kier molecular flexibility index (Phi) is 8.09. The van der Waals surface area contributed by atoms with E-state index in [9.17, 15) is 0 Å². The summed E-state index contributed by atoms with van der Waals surface area (Å²) in [5.41, 5.74) is 0.508. The van der Waals surface area contributed by atoms with E-state index in [1.165, 1.54) is 38.6 Å². The fourth-order valence-corrected chi connectivity index (χ4v) is 2.29. The minimum Gasteiger partial charge on any atom is -0.314 e. The molecule has 0 saturated carbocycles. The average Bonchev–Trinajstić information content (AvgIpc) is 2.15. The third kappa shape index (κ3) is 8.15. The van der Waals surface area contributed by atoms with Crippen molar-refractivity contribution in [2.24, 2.45) is 11.3 Å². The number of rotatable bonds is 9. The molecule has 0 bridgehead atoms. The Hall–Kier alpha value is -0.0400. The molecule has 0 radical (unpaired) electrons. The largest absolute Gasteiger partial charge is 0.314 e. The zero-order valence-corrected chi connectivity index (χ0v) is 12.4. The summed E-state index contributed by atoms with van der Waals surface area (Å²) >= 11 is 0. The molecule has 1 heteroatoms. The van der Waals surface area contributed by atoms with E-state index >= 15 is 0 Å². The highest BCUT2D eigenvalue weighted by atomic mass is 14.9. The topological polar surface area (TPSA) is 12.0 Å². The molecule has 0 heterocycles.